The van der Waals surface area contributed by atoms with Gasteiger partial charge in [0.15, 0.2) is 0 Å². The monoisotopic (exact) mass is 226 g/mol. The van der Waals surface area contributed by atoms with Crippen LogP contribution in [0.2, 0.25) is 5.15 Å². The first-order chi connectivity index (χ1) is 7.16. The first kappa shape index (κ1) is 10.4. The predicted molar refractivity (Wildman–Crippen MR) is 54.3 cm³/mol. The Kier molecular flexibility index (Phi) is 2.86. The fourth-order valence-electron chi connectivity index (χ4n) is 1.18. The van der Waals surface area contributed by atoms with E-state index in [1.54, 1.807) is 0 Å². The van der Waals surface area contributed by atoms with Crippen LogP contribution in [0.5, 0.6) is 0 Å². The number of esters is 1. The van der Waals surface area contributed by atoms with E-state index in [1.807, 2.05) is 6.92 Å². The number of aryl methyl sites for hydroxylation is 1. The first-order valence-corrected chi connectivity index (χ1v) is 5.19. The van der Waals surface area contributed by atoms with Crippen molar-refractivity contribution in [2.75, 3.05) is 0 Å². The van der Waals surface area contributed by atoms with Crippen LogP contribution in [0, 0.1) is 12.8 Å². The van der Waals surface area contributed by atoms with Crippen molar-refractivity contribution in [3.8, 4) is 0 Å². The second-order valence-electron chi connectivity index (χ2n) is 3.61. The van der Waals surface area contributed by atoms with Gasteiger partial charge in [0, 0.05) is 0 Å². The van der Waals surface area contributed by atoms with Gasteiger partial charge in [-0.05, 0) is 19.8 Å². The van der Waals surface area contributed by atoms with Crippen molar-refractivity contribution in [3.63, 3.8) is 0 Å². The lowest BCUT2D eigenvalue weighted by Crippen LogP contribution is -2.08. The average molecular weight is 227 g/mol. The van der Waals surface area contributed by atoms with Crippen molar-refractivity contribution in [2.45, 2.75) is 26.4 Å². The van der Waals surface area contributed by atoms with Crippen molar-refractivity contribution in [1.29, 1.82) is 0 Å². The molecule has 1 fully saturated rings. The second kappa shape index (κ2) is 4.14. The van der Waals surface area contributed by atoms with Crippen LogP contribution in [0.3, 0.4) is 0 Å². The van der Waals surface area contributed by atoms with Gasteiger partial charge in [-0.3, -0.25) is 9.78 Å². The summed E-state index contributed by atoms with van der Waals surface area (Å²) < 4.78 is 5.09. The molecule has 15 heavy (non-hydrogen) atoms. The molecular formula is C10H11ClN2O2. The molecule has 0 N–H and O–H groups in total. The summed E-state index contributed by atoms with van der Waals surface area (Å²) >= 11 is 5.69. The normalized spacial score (nSPS) is 15.1. The zero-order chi connectivity index (χ0) is 10.8. The molecule has 1 aliphatic rings. The second-order valence-corrected chi connectivity index (χ2v) is 3.99. The van der Waals surface area contributed by atoms with Gasteiger partial charge in [0.25, 0.3) is 0 Å². The molecule has 1 aliphatic carbocycles. The number of ether oxygens (including phenoxy) is 1. The molecule has 0 atom stereocenters. The standard InChI is InChI=1S/C10H11ClN2O2/c1-6-8(13-9(11)4-12-6)5-15-10(14)7-2-3-7/h4,7H,2-3,5H2,1H3. The Morgan fingerprint density at radius 2 is 2.40 bits per heavy atom. The number of halogens is 1. The highest BCUT2D eigenvalue weighted by Crippen LogP contribution is 2.30. The van der Waals surface area contributed by atoms with E-state index in [4.69, 9.17) is 16.3 Å². The van der Waals surface area contributed by atoms with Crippen LogP contribution in [0.15, 0.2) is 6.20 Å². The Bertz CT molecular complexity index is 391. The summed E-state index contributed by atoms with van der Waals surface area (Å²) in [6.45, 7) is 1.97. The molecule has 5 heteroatoms. The molecule has 0 saturated heterocycles. The molecule has 0 radical (unpaired) electrons. The van der Waals surface area contributed by atoms with E-state index in [9.17, 15) is 4.79 Å². The summed E-state index contributed by atoms with van der Waals surface area (Å²) in [6, 6.07) is 0. The highest BCUT2D eigenvalue weighted by atomic mass is 35.5. The first-order valence-electron chi connectivity index (χ1n) is 4.81. The number of hydrogen-bond donors (Lipinski definition) is 0. The summed E-state index contributed by atoms with van der Waals surface area (Å²) in [5, 5.41) is 0.318. The van der Waals surface area contributed by atoms with Crippen LogP contribution in [0.25, 0.3) is 0 Å². The zero-order valence-corrected chi connectivity index (χ0v) is 9.12. The average Bonchev–Trinajstić information content (AvgIpc) is 3.02. The minimum atomic E-state index is -0.142. The summed E-state index contributed by atoms with van der Waals surface area (Å²) in [4.78, 5) is 19.4. The number of hydrogen-bond acceptors (Lipinski definition) is 4. The molecule has 1 aromatic rings. The number of aromatic nitrogens is 2. The minimum Gasteiger partial charge on any atom is -0.459 e. The number of carbonyl (C=O) groups excluding carboxylic acids is 1. The van der Waals surface area contributed by atoms with Gasteiger partial charge in [-0.15, -0.1) is 0 Å². The van der Waals surface area contributed by atoms with Crippen molar-refractivity contribution in [1.82, 2.24) is 9.97 Å². The lowest BCUT2D eigenvalue weighted by atomic mass is 10.3. The Hall–Kier alpha value is -1.16. The number of carbonyl (C=O) groups is 1. The fraction of sp³-hybridized carbons (Fsp3) is 0.500. The Balaban J connectivity index is 1.97. The van der Waals surface area contributed by atoms with Crippen LogP contribution in [0.1, 0.15) is 24.2 Å². The van der Waals surface area contributed by atoms with Crippen molar-refractivity contribution < 1.29 is 9.53 Å². The maximum atomic E-state index is 11.3. The largest absolute Gasteiger partial charge is 0.459 e. The van der Waals surface area contributed by atoms with E-state index in [0.29, 0.717) is 10.8 Å². The van der Waals surface area contributed by atoms with Gasteiger partial charge in [0.1, 0.15) is 17.5 Å². The summed E-state index contributed by atoms with van der Waals surface area (Å²) in [5.41, 5.74) is 1.36. The Morgan fingerprint density at radius 3 is 3.07 bits per heavy atom. The van der Waals surface area contributed by atoms with E-state index in [-0.39, 0.29) is 18.5 Å². The molecule has 2 rings (SSSR count). The van der Waals surface area contributed by atoms with Gasteiger partial charge in [0.2, 0.25) is 0 Å². The molecule has 1 heterocycles. The number of rotatable bonds is 3. The van der Waals surface area contributed by atoms with Gasteiger partial charge in [-0.1, -0.05) is 11.6 Å². The van der Waals surface area contributed by atoms with E-state index in [1.165, 1.54) is 6.20 Å². The van der Waals surface area contributed by atoms with E-state index in [2.05, 4.69) is 9.97 Å². The highest BCUT2D eigenvalue weighted by Gasteiger charge is 2.31. The smallest absolute Gasteiger partial charge is 0.309 e. The maximum Gasteiger partial charge on any atom is 0.309 e. The molecule has 1 saturated carbocycles. The molecule has 80 valence electrons. The van der Waals surface area contributed by atoms with E-state index < -0.39 is 0 Å². The molecule has 1 aromatic heterocycles. The topological polar surface area (TPSA) is 52.1 Å². The molecule has 0 aromatic carbocycles. The van der Waals surface area contributed by atoms with Crippen LogP contribution < -0.4 is 0 Å². The Morgan fingerprint density at radius 1 is 1.67 bits per heavy atom. The highest BCUT2D eigenvalue weighted by molar-refractivity contribution is 6.29. The Labute approximate surface area is 92.6 Å². The molecule has 0 aliphatic heterocycles. The molecule has 0 bridgehead atoms. The fourth-order valence-corrected chi connectivity index (χ4v) is 1.33. The SMILES string of the molecule is Cc1ncc(Cl)nc1COC(=O)C1CC1. The van der Waals surface area contributed by atoms with Gasteiger partial charge in [0.05, 0.1) is 17.8 Å². The van der Waals surface area contributed by atoms with Gasteiger partial charge in [-0.2, -0.15) is 0 Å². The summed E-state index contributed by atoms with van der Waals surface area (Å²) in [6.07, 6.45) is 3.36. The van der Waals surface area contributed by atoms with Crippen LogP contribution >= 0.6 is 11.6 Å². The minimum absolute atomic E-state index is 0.109. The van der Waals surface area contributed by atoms with E-state index >= 15 is 0 Å². The lowest BCUT2D eigenvalue weighted by Gasteiger charge is -2.05. The third kappa shape index (κ3) is 2.65. The van der Waals surface area contributed by atoms with Crippen molar-refractivity contribution >= 4 is 17.6 Å². The molecular weight excluding hydrogens is 216 g/mol. The van der Waals surface area contributed by atoms with Crippen LogP contribution in [0.4, 0.5) is 0 Å². The predicted octanol–water partition coefficient (Wildman–Crippen LogP) is 1.89. The molecule has 0 unspecified atom stereocenters. The van der Waals surface area contributed by atoms with E-state index in [0.717, 1.165) is 18.5 Å². The molecule has 0 spiro atoms. The third-order valence-corrected chi connectivity index (χ3v) is 2.47. The van der Waals surface area contributed by atoms with Gasteiger partial charge in [-0.25, -0.2) is 4.98 Å². The summed E-state index contributed by atoms with van der Waals surface area (Å²) in [5.74, 6) is -0.0337. The van der Waals surface area contributed by atoms with Crippen molar-refractivity contribution in [2.24, 2.45) is 5.92 Å². The van der Waals surface area contributed by atoms with Gasteiger partial charge < -0.3 is 4.74 Å². The number of nitrogens with zero attached hydrogens (tertiary/aromatic N) is 2. The molecule has 4 nitrogen and oxygen atoms in total. The lowest BCUT2D eigenvalue weighted by molar-refractivity contribution is -0.146. The quantitative estimate of drug-likeness (QED) is 0.739. The van der Waals surface area contributed by atoms with Crippen molar-refractivity contribution in [3.05, 3.63) is 22.7 Å². The van der Waals surface area contributed by atoms with Crippen LogP contribution in [-0.2, 0) is 16.1 Å². The van der Waals surface area contributed by atoms with Gasteiger partial charge >= 0.3 is 5.97 Å². The summed E-state index contributed by atoms with van der Waals surface area (Å²) in [7, 11) is 0. The zero-order valence-electron chi connectivity index (χ0n) is 8.36. The molecule has 0 amide bonds. The maximum absolute atomic E-state index is 11.3. The van der Waals surface area contributed by atoms with Crippen LogP contribution in [-0.4, -0.2) is 15.9 Å². The third-order valence-electron chi connectivity index (χ3n) is 2.29.